The number of ether oxygens (including phenoxy) is 1. The van der Waals surface area contributed by atoms with Crippen LogP contribution in [0.15, 0.2) is 0 Å². The second-order valence-corrected chi connectivity index (χ2v) is 9.89. The van der Waals surface area contributed by atoms with Crippen LogP contribution in [0.25, 0.3) is 0 Å². The summed E-state index contributed by atoms with van der Waals surface area (Å²) >= 11 is 0. The van der Waals surface area contributed by atoms with Gasteiger partial charge in [0.15, 0.2) is 0 Å². The van der Waals surface area contributed by atoms with Crippen LogP contribution in [-0.2, 0) is 14.3 Å². The lowest BCUT2D eigenvalue weighted by Gasteiger charge is -2.17. The maximum absolute atomic E-state index is 12.3. The molecule has 0 aliphatic heterocycles. The summed E-state index contributed by atoms with van der Waals surface area (Å²) in [6.07, 6.45) is 26.7. The number of hydrogen-bond donors (Lipinski definition) is 1. The molecule has 4 nitrogen and oxygen atoms in total. The molecular weight excluding hydrogens is 410 g/mol. The normalized spacial score (nSPS) is 12.0. The van der Waals surface area contributed by atoms with Crippen LogP contribution in [0.3, 0.4) is 0 Å². The molecule has 4 heteroatoms. The number of esters is 1. The third kappa shape index (κ3) is 23.9. The smallest absolute Gasteiger partial charge is 0.306 e. The number of unbranched alkanes of at least 4 members (excludes halogenated alkanes) is 18. The van der Waals surface area contributed by atoms with Gasteiger partial charge in [-0.2, -0.15) is 0 Å². The molecule has 0 fully saturated rings. The lowest BCUT2D eigenvalue weighted by molar-refractivity contribution is -0.150. The molecule has 0 radical (unpaired) electrons. The number of carbonyl (C=O) groups is 2. The molecule has 1 atom stereocenters. The molecule has 0 saturated heterocycles. The van der Waals surface area contributed by atoms with Crippen LogP contribution >= 0.6 is 0 Å². The van der Waals surface area contributed by atoms with Crippen molar-refractivity contribution in [3.8, 4) is 0 Å². The van der Waals surface area contributed by atoms with Crippen molar-refractivity contribution in [3.63, 3.8) is 0 Å². The minimum Gasteiger partial charge on any atom is -0.462 e. The predicted octanol–water partition coefficient (Wildman–Crippen LogP) is 8.66. The SMILES string of the molecule is CCCCCCCCCCCCCC(=O)OC(CCCCCCCCCCC)CC(=O)NC. The molecule has 0 rings (SSSR count). The number of rotatable bonds is 25. The van der Waals surface area contributed by atoms with Crippen LogP contribution in [-0.4, -0.2) is 25.0 Å². The molecular formula is C29H57NO3. The van der Waals surface area contributed by atoms with Gasteiger partial charge in [0.1, 0.15) is 6.10 Å². The Balaban J connectivity index is 3.82. The first-order chi connectivity index (χ1) is 16.1. The average Bonchev–Trinajstić information content (AvgIpc) is 2.81. The van der Waals surface area contributed by atoms with E-state index in [2.05, 4.69) is 19.2 Å². The summed E-state index contributed by atoms with van der Waals surface area (Å²) in [6, 6.07) is 0. The summed E-state index contributed by atoms with van der Waals surface area (Å²) in [7, 11) is 1.64. The highest BCUT2D eigenvalue weighted by molar-refractivity contribution is 5.76. The van der Waals surface area contributed by atoms with Gasteiger partial charge in [-0.3, -0.25) is 9.59 Å². The van der Waals surface area contributed by atoms with E-state index in [4.69, 9.17) is 4.74 Å². The Morgan fingerprint density at radius 3 is 1.42 bits per heavy atom. The van der Waals surface area contributed by atoms with E-state index < -0.39 is 0 Å². The number of carbonyl (C=O) groups excluding carboxylic acids is 2. The molecule has 1 N–H and O–H groups in total. The molecule has 0 aliphatic rings. The van der Waals surface area contributed by atoms with E-state index in [1.54, 1.807) is 7.05 Å². The van der Waals surface area contributed by atoms with E-state index in [9.17, 15) is 9.59 Å². The highest BCUT2D eigenvalue weighted by atomic mass is 16.5. The zero-order valence-electron chi connectivity index (χ0n) is 22.6. The van der Waals surface area contributed by atoms with Gasteiger partial charge in [0.25, 0.3) is 0 Å². The van der Waals surface area contributed by atoms with Crippen LogP contribution in [0.4, 0.5) is 0 Å². The molecule has 1 unspecified atom stereocenters. The topological polar surface area (TPSA) is 55.4 Å². The Morgan fingerprint density at radius 1 is 0.606 bits per heavy atom. The van der Waals surface area contributed by atoms with Gasteiger partial charge in [-0.05, 0) is 19.3 Å². The summed E-state index contributed by atoms with van der Waals surface area (Å²) < 4.78 is 5.69. The van der Waals surface area contributed by atoms with Crippen LogP contribution in [0.1, 0.15) is 162 Å². The van der Waals surface area contributed by atoms with Crippen LogP contribution in [0.2, 0.25) is 0 Å². The fourth-order valence-electron chi connectivity index (χ4n) is 4.37. The molecule has 33 heavy (non-hydrogen) atoms. The van der Waals surface area contributed by atoms with Gasteiger partial charge in [0, 0.05) is 13.5 Å². The Hall–Kier alpha value is -1.06. The minimum atomic E-state index is -0.269. The average molecular weight is 468 g/mol. The molecule has 0 aromatic rings. The van der Waals surface area contributed by atoms with E-state index in [1.165, 1.54) is 103 Å². The highest BCUT2D eigenvalue weighted by Gasteiger charge is 2.17. The maximum Gasteiger partial charge on any atom is 0.306 e. The summed E-state index contributed by atoms with van der Waals surface area (Å²) in [4.78, 5) is 24.1. The van der Waals surface area contributed by atoms with Gasteiger partial charge in [0.2, 0.25) is 5.91 Å². The van der Waals surface area contributed by atoms with E-state index in [1.807, 2.05) is 0 Å². The van der Waals surface area contributed by atoms with Crippen molar-refractivity contribution in [1.29, 1.82) is 0 Å². The van der Waals surface area contributed by atoms with E-state index in [0.717, 1.165) is 32.1 Å². The third-order valence-electron chi connectivity index (χ3n) is 6.60. The standard InChI is InChI=1S/C29H57NO3/c1-4-6-8-10-12-14-15-17-19-21-23-25-29(32)33-27(26-28(31)30-3)24-22-20-18-16-13-11-9-7-5-2/h27H,4-26H2,1-3H3,(H,30,31). The van der Waals surface area contributed by atoms with Crippen LogP contribution in [0.5, 0.6) is 0 Å². The lowest BCUT2D eigenvalue weighted by atomic mass is 10.0. The number of hydrogen-bond acceptors (Lipinski definition) is 3. The van der Waals surface area contributed by atoms with E-state index >= 15 is 0 Å². The maximum atomic E-state index is 12.3. The van der Waals surface area contributed by atoms with Crippen molar-refractivity contribution in [2.75, 3.05) is 7.05 Å². The van der Waals surface area contributed by atoms with Gasteiger partial charge in [-0.1, -0.05) is 129 Å². The molecule has 0 spiro atoms. The second-order valence-electron chi connectivity index (χ2n) is 9.89. The van der Waals surface area contributed by atoms with Crippen LogP contribution < -0.4 is 5.32 Å². The third-order valence-corrected chi connectivity index (χ3v) is 6.60. The van der Waals surface area contributed by atoms with Crippen molar-refractivity contribution < 1.29 is 14.3 Å². The molecule has 0 heterocycles. The van der Waals surface area contributed by atoms with Crippen molar-refractivity contribution in [2.45, 2.75) is 168 Å². The van der Waals surface area contributed by atoms with E-state index in [0.29, 0.717) is 6.42 Å². The largest absolute Gasteiger partial charge is 0.462 e. The first kappa shape index (κ1) is 31.9. The van der Waals surface area contributed by atoms with Gasteiger partial charge < -0.3 is 10.1 Å². The second kappa shape index (κ2) is 25.6. The quantitative estimate of drug-likeness (QED) is 0.108. The molecule has 0 aromatic carbocycles. The highest BCUT2D eigenvalue weighted by Crippen LogP contribution is 2.16. The summed E-state index contributed by atoms with van der Waals surface area (Å²) in [5, 5.41) is 2.66. The monoisotopic (exact) mass is 467 g/mol. The van der Waals surface area contributed by atoms with Gasteiger partial charge in [-0.25, -0.2) is 0 Å². The first-order valence-corrected chi connectivity index (χ1v) is 14.5. The minimum absolute atomic E-state index is 0.0431. The molecule has 0 saturated carbocycles. The number of nitrogens with one attached hydrogen (secondary N) is 1. The lowest BCUT2D eigenvalue weighted by Crippen LogP contribution is -2.27. The Morgan fingerprint density at radius 2 is 1.00 bits per heavy atom. The zero-order chi connectivity index (χ0) is 24.4. The van der Waals surface area contributed by atoms with E-state index in [-0.39, 0.29) is 24.4 Å². The Labute approximate surface area is 206 Å². The van der Waals surface area contributed by atoms with Crippen molar-refractivity contribution in [1.82, 2.24) is 5.32 Å². The molecule has 0 bridgehead atoms. The first-order valence-electron chi connectivity index (χ1n) is 14.5. The molecule has 0 aliphatic carbocycles. The molecule has 196 valence electrons. The summed E-state index contributed by atoms with van der Waals surface area (Å²) in [5.74, 6) is -0.172. The fourth-order valence-corrected chi connectivity index (χ4v) is 4.37. The van der Waals surface area contributed by atoms with Gasteiger partial charge >= 0.3 is 5.97 Å². The van der Waals surface area contributed by atoms with Crippen molar-refractivity contribution >= 4 is 11.9 Å². The van der Waals surface area contributed by atoms with Gasteiger partial charge in [-0.15, -0.1) is 0 Å². The zero-order valence-corrected chi connectivity index (χ0v) is 22.6. The predicted molar refractivity (Wildman–Crippen MR) is 141 cm³/mol. The summed E-state index contributed by atoms with van der Waals surface area (Å²) in [5.41, 5.74) is 0. The van der Waals surface area contributed by atoms with Crippen molar-refractivity contribution in [3.05, 3.63) is 0 Å². The van der Waals surface area contributed by atoms with Crippen molar-refractivity contribution in [2.24, 2.45) is 0 Å². The molecule has 1 amide bonds. The Kier molecular flexibility index (Phi) is 24.7. The number of amides is 1. The van der Waals surface area contributed by atoms with Gasteiger partial charge in [0.05, 0.1) is 6.42 Å². The fraction of sp³-hybridized carbons (Fsp3) is 0.931. The summed E-state index contributed by atoms with van der Waals surface area (Å²) in [6.45, 7) is 4.51. The molecule has 0 aromatic heterocycles. The van der Waals surface area contributed by atoms with Crippen LogP contribution in [0, 0.1) is 0 Å². The Bertz CT molecular complexity index is 439.